The molecule has 0 heterocycles. The van der Waals surface area contributed by atoms with Gasteiger partial charge in [-0.05, 0) is 52.4 Å². The van der Waals surface area contributed by atoms with Crippen LogP contribution >= 0.6 is 0 Å². The van der Waals surface area contributed by atoms with Crippen LogP contribution in [0.5, 0.6) is 11.5 Å². The van der Waals surface area contributed by atoms with Gasteiger partial charge in [0.15, 0.2) is 5.71 Å². The highest BCUT2D eigenvalue weighted by Gasteiger charge is 2.13. The third-order valence-corrected chi connectivity index (χ3v) is 4.04. The maximum atomic E-state index is 11.4. The van der Waals surface area contributed by atoms with Crippen LogP contribution in [-0.2, 0) is 4.79 Å². The Bertz CT molecular complexity index is 1060. The molecule has 1 N–H and O–H groups in total. The Morgan fingerprint density at radius 3 is 2.20 bits per heavy atom. The Kier molecular flexibility index (Phi) is 6.94. The van der Waals surface area contributed by atoms with Gasteiger partial charge in [0.1, 0.15) is 24.7 Å². The standard InChI is InChI=1S/C22H22N4O4/c1-26(2)25-24-23-21(22(27)28)17-8-10-19(11-9-17)29-13-14-30-20-12-7-16-5-3-4-6-18(16)15-20/h3-12,15H,13-14H2,1-2H3,(H,27,28)/b23-21+,25-24?. The molecule has 0 unspecified atom stereocenters. The van der Waals surface area contributed by atoms with Crippen molar-refractivity contribution in [1.82, 2.24) is 5.01 Å². The van der Waals surface area contributed by atoms with E-state index in [1.807, 2.05) is 36.4 Å². The van der Waals surface area contributed by atoms with Crippen molar-refractivity contribution >= 4 is 22.5 Å². The summed E-state index contributed by atoms with van der Waals surface area (Å²) in [6, 6.07) is 20.6. The normalized spacial score (nSPS) is 11.6. The molecule has 3 aromatic rings. The molecule has 0 bridgehead atoms. The van der Waals surface area contributed by atoms with E-state index in [-0.39, 0.29) is 5.71 Å². The van der Waals surface area contributed by atoms with E-state index in [9.17, 15) is 9.90 Å². The van der Waals surface area contributed by atoms with Gasteiger partial charge < -0.3 is 14.6 Å². The second-order valence-corrected chi connectivity index (χ2v) is 6.51. The van der Waals surface area contributed by atoms with Gasteiger partial charge >= 0.3 is 5.97 Å². The molecule has 0 fully saturated rings. The average Bonchev–Trinajstić information content (AvgIpc) is 2.74. The number of carboxylic acid groups (broad SMARTS) is 1. The smallest absolute Gasteiger partial charge is 0.357 e. The molecular weight excluding hydrogens is 384 g/mol. The number of aliphatic carboxylic acids is 1. The summed E-state index contributed by atoms with van der Waals surface area (Å²) in [4.78, 5) is 11.4. The first-order valence-electron chi connectivity index (χ1n) is 9.27. The highest BCUT2D eigenvalue weighted by Crippen LogP contribution is 2.20. The van der Waals surface area contributed by atoms with E-state index in [0.717, 1.165) is 16.5 Å². The first-order chi connectivity index (χ1) is 14.5. The fraction of sp³-hybridized carbons (Fsp3) is 0.182. The van der Waals surface area contributed by atoms with E-state index in [4.69, 9.17) is 9.47 Å². The maximum Gasteiger partial charge on any atom is 0.357 e. The summed E-state index contributed by atoms with van der Waals surface area (Å²) in [5.41, 5.74) is 0.201. The largest absolute Gasteiger partial charge is 0.490 e. The molecule has 0 aliphatic rings. The molecule has 0 saturated carbocycles. The number of benzene rings is 3. The zero-order valence-corrected chi connectivity index (χ0v) is 16.7. The van der Waals surface area contributed by atoms with Crippen molar-refractivity contribution < 1.29 is 19.4 Å². The molecule has 0 spiro atoms. The Labute approximate surface area is 174 Å². The van der Waals surface area contributed by atoms with E-state index in [1.165, 1.54) is 5.01 Å². The van der Waals surface area contributed by atoms with Crippen molar-refractivity contribution in [2.75, 3.05) is 27.3 Å². The third kappa shape index (κ3) is 5.78. The number of nitrogens with zero attached hydrogens (tertiary/aromatic N) is 4. The number of fused-ring (bicyclic) bond motifs is 1. The van der Waals surface area contributed by atoms with Crippen LogP contribution in [0.2, 0.25) is 0 Å². The van der Waals surface area contributed by atoms with Gasteiger partial charge in [-0.3, -0.25) is 5.01 Å². The van der Waals surface area contributed by atoms with Gasteiger partial charge in [-0.2, -0.15) is 0 Å². The molecular formula is C22H22N4O4. The van der Waals surface area contributed by atoms with E-state index >= 15 is 0 Å². The first-order valence-corrected chi connectivity index (χ1v) is 9.27. The van der Waals surface area contributed by atoms with E-state index in [0.29, 0.717) is 24.5 Å². The number of hydrogen-bond acceptors (Lipinski definition) is 5. The van der Waals surface area contributed by atoms with Gasteiger partial charge in [-0.25, -0.2) is 4.79 Å². The van der Waals surface area contributed by atoms with Crippen molar-refractivity contribution in [1.29, 1.82) is 0 Å². The number of rotatable bonds is 9. The highest BCUT2D eigenvalue weighted by atomic mass is 16.5. The fourth-order valence-corrected chi connectivity index (χ4v) is 2.65. The molecule has 0 amide bonds. The molecule has 3 aromatic carbocycles. The van der Waals surface area contributed by atoms with Crippen molar-refractivity contribution in [3.8, 4) is 11.5 Å². The molecule has 0 aliphatic carbocycles. The van der Waals surface area contributed by atoms with Gasteiger partial charge in [0.25, 0.3) is 0 Å². The Morgan fingerprint density at radius 1 is 0.900 bits per heavy atom. The average molecular weight is 406 g/mol. The van der Waals surface area contributed by atoms with Crippen molar-refractivity contribution in [2.45, 2.75) is 0 Å². The predicted molar refractivity (Wildman–Crippen MR) is 114 cm³/mol. The van der Waals surface area contributed by atoms with Gasteiger partial charge in [0, 0.05) is 19.7 Å². The third-order valence-electron chi connectivity index (χ3n) is 4.04. The lowest BCUT2D eigenvalue weighted by Crippen LogP contribution is -2.14. The summed E-state index contributed by atoms with van der Waals surface area (Å²) in [6.45, 7) is 0.732. The van der Waals surface area contributed by atoms with Gasteiger partial charge in [-0.1, -0.05) is 35.6 Å². The predicted octanol–water partition coefficient (Wildman–Crippen LogP) is 4.02. The van der Waals surface area contributed by atoms with Crippen molar-refractivity contribution in [2.24, 2.45) is 15.5 Å². The second-order valence-electron chi connectivity index (χ2n) is 6.51. The Hall–Kier alpha value is -3.94. The quantitative estimate of drug-likeness (QED) is 0.251. The molecule has 0 atom stereocenters. The summed E-state index contributed by atoms with van der Waals surface area (Å²) in [6.07, 6.45) is 0. The van der Waals surface area contributed by atoms with E-state index in [1.54, 1.807) is 38.4 Å². The molecule has 8 nitrogen and oxygen atoms in total. The van der Waals surface area contributed by atoms with Crippen LogP contribution in [0.25, 0.3) is 10.8 Å². The summed E-state index contributed by atoms with van der Waals surface area (Å²) < 4.78 is 11.4. The monoisotopic (exact) mass is 406 g/mol. The van der Waals surface area contributed by atoms with Crippen LogP contribution in [0.3, 0.4) is 0 Å². The minimum Gasteiger partial charge on any atom is -0.490 e. The topological polar surface area (TPSA) is 96.1 Å². The van der Waals surface area contributed by atoms with Crippen LogP contribution in [0.1, 0.15) is 5.56 Å². The Balaban J connectivity index is 1.54. The number of hydrogen-bond donors (Lipinski definition) is 1. The van der Waals surface area contributed by atoms with E-state index in [2.05, 4.69) is 21.6 Å². The van der Waals surface area contributed by atoms with Gasteiger partial charge in [0.05, 0.1) is 0 Å². The van der Waals surface area contributed by atoms with Crippen LogP contribution in [-0.4, -0.2) is 49.1 Å². The fourth-order valence-electron chi connectivity index (χ4n) is 2.65. The Morgan fingerprint density at radius 2 is 1.53 bits per heavy atom. The maximum absolute atomic E-state index is 11.4. The summed E-state index contributed by atoms with van der Waals surface area (Å²) in [5, 5.41) is 23.8. The number of carboxylic acids is 1. The minimum atomic E-state index is -1.19. The molecule has 0 aliphatic heterocycles. The van der Waals surface area contributed by atoms with Crippen molar-refractivity contribution in [3.05, 3.63) is 72.3 Å². The van der Waals surface area contributed by atoms with Crippen LogP contribution < -0.4 is 9.47 Å². The SMILES string of the molecule is CN(C)N=N/N=C(/C(=O)O)c1ccc(OCCOc2ccc3ccccc3c2)cc1. The summed E-state index contributed by atoms with van der Waals surface area (Å²) in [7, 11) is 3.32. The molecule has 3 rings (SSSR count). The van der Waals surface area contributed by atoms with Crippen LogP contribution in [0.15, 0.2) is 82.3 Å². The molecule has 8 heteroatoms. The summed E-state index contributed by atoms with van der Waals surface area (Å²) >= 11 is 0. The van der Waals surface area contributed by atoms with Crippen LogP contribution in [0.4, 0.5) is 0 Å². The minimum absolute atomic E-state index is 0.202. The zero-order valence-electron chi connectivity index (χ0n) is 16.7. The molecule has 0 aromatic heterocycles. The molecule has 0 saturated heterocycles. The van der Waals surface area contributed by atoms with E-state index < -0.39 is 5.97 Å². The lowest BCUT2D eigenvalue weighted by Gasteiger charge is -2.09. The van der Waals surface area contributed by atoms with Crippen molar-refractivity contribution in [3.63, 3.8) is 0 Å². The second kappa shape index (κ2) is 10.0. The zero-order chi connectivity index (χ0) is 21.3. The molecule has 0 radical (unpaired) electrons. The van der Waals surface area contributed by atoms with Crippen LogP contribution in [0, 0.1) is 0 Å². The first kappa shape index (κ1) is 20.8. The van der Waals surface area contributed by atoms with Gasteiger partial charge in [-0.15, -0.1) is 5.10 Å². The molecule has 30 heavy (non-hydrogen) atoms. The molecule has 154 valence electrons. The summed E-state index contributed by atoms with van der Waals surface area (Å²) in [5.74, 6) is 0.188. The highest BCUT2D eigenvalue weighted by molar-refractivity contribution is 6.42. The number of carbonyl (C=O) groups is 1. The van der Waals surface area contributed by atoms with Gasteiger partial charge in [0.2, 0.25) is 0 Å². The number of ether oxygens (including phenoxy) is 2. The lowest BCUT2D eigenvalue weighted by molar-refractivity contribution is -0.129. The lowest BCUT2D eigenvalue weighted by atomic mass is 10.1.